The highest BCUT2D eigenvalue weighted by Crippen LogP contribution is 2.55. The third-order valence-corrected chi connectivity index (χ3v) is 4.46. The van der Waals surface area contributed by atoms with Gasteiger partial charge in [-0.1, -0.05) is 30.0 Å². The molecule has 1 aromatic rings. The summed E-state index contributed by atoms with van der Waals surface area (Å²) in [6.07, 6.45) is -10.8. The largest absolute Gasteiger partial charge is 0.460 e. The Bertz CT molecular complexity index is 753. The minimum absolute atomic E-state index is 0.0393. The molecule has 2 unspecified atom stereocenters. The molecule has 0 N–H and O–H groups in total. The van der Waals surface area contributed by atoms with Gasteiger partial charge in [0.2, 0.25) is 6.10 Å². The number of carbonyl (C=O) groups excluding carboxylic acids is 2. The minimum atomic E-state index is -7.21. The molecule has 0 aliphatic heterocycles. The fourth-order valence-corrected chi connectivity index (χ4v) is 3.11. The van der Waals surface area contributed by atoms with Crippen LogP contribution in [0.15, 0.2) is 35.2 Å². The third kappa shape index (κ3) is 5.32. The highest BCUT2D eigenvalue weighted by molar-refractivity contribution is 7.99. The van der Waals surface area contributed by atoms with Crippen molar-refractivity contribution in [3.05, 3.63) is 30.3 Å². The molecule has 0 spiro atoms. The van der Waals surface area contributed by atoms with E-state index in [1.807, 2.05) is 0 Å². The Kier molecular flexibility index (Phi) is 7.72. The maximum atomic E-state index is 14.4. The molecule has 0 heterocycles. The maximum absolute atomic E-state index is 14.4. The molecule has 14 heteroatoms. The second-order valence-electron chi connectivity index (χ2n) is 5.71. The van der Waals surface area contributed by atoms with Crippen molar-refractivity contribution in [1.29, 1.82) is 0 Å². The van der Waals surface area contributed by atoms with E-state index in [4.69, 9.17) is 0 Å². The van der Waals surface area contributed by atoms with E-state index in [0.29, 0.717) is 13.8 Å². The Balaban J connectivity index is 3.54. The SMILES string of the molecule is CC(=O)OC(Sc1ccccc1)C(OC(C)=O)C(F)(F)C(F)(F)C(F)(F)C(F)(F)F. The molecule has 0 saturated carbocycles. The van der Waals surface area contributed by atoms with Crippen molar-refractivity contribution < 1.29 is 58.6 Å². The third-order valence-electron chi connectivity index (χ3n) is 3.34. The van der Waals surface area contributed by atoms with Crippen LogP contribution in [0, 0.1) is 0 Å². The lowest BCUT2D eigenvalue weighted by atomic mass is 9.99. The van der Waals surface area contributed by atoms with Crippen LogP contribution in [0.1, 0.15) is 13.8 Å². The van der Waals surface area contributed by atoms with Gasteiger partial charge in [-0.2, -0.15) is 39.5 Å². The van der Waals surface area contributed by atoms with Crippen molar-refractivity contribution in [3.63, 3.8) is 0 Å². The molecule has 0 aliphatic rings. The maximum Gasteiger partial charge on any atom is 0.460 e. The highest BCUT2D eigenvalue weighted by Gasteiger charge is 2.84. The zero-order valence-corrected chi connectivity index (χ0v) is 15.8. The Morgan fingerprint density at radius 1 is 0.800 bits per heavy atom. The normalized spacial score (nSPS) is 15.3. The molecule has 0 aromatic heterocycles. The lowest BCUT2D eigenvalue weighted by molar-refractivity contribution is -0.407. The number of halogens is 9. The molecule has 0 radical (unpaired) electrons. The summed E-state index contributed by atoms with van der Waals surface area (Å²) in [4.78, 5) is 22.3. The number of alkyl halides is 9. The van der Waals surface area contributed by atoms with Crippen LogP contribution in [0.4, 0.5) is 39.5 Å². The summed E-state index contributed by atoms with van der Waals surface area (Å²) in [5, 5.41) is 0. The topological polar surface area (TPSA) is 52.6 Å². The van der Waals surface area contributed by atoms with Crippen LogP contribution >= 0.6 is 11.8 Å². The van der Waals surface area contributed by atoms with Gasteiger partial charge >= 0.3 is 35.9 Å². The first-order chi connectivity index (χ1) is 13.4. The van der Waals surface area contributed by atoms with Crippen molar-refractivity contribution in [3.8, 4) is 0 Å². The average Bonchev–Trinajstić information content (AvgIpc) is 2.58. The monoisotopic (exact) mass is 472 g/mol. The van der Waals surface area contributed by atoms with Crippen LogP contribution in [0.3, 0.4) is 0 Å². The summed E-state index contributed by atoms with van der Waals surface area (Å²) in [6, 6.07) is 6.51. The van der Waals surface area contributed by atoms with Gasteiger partial charge in [0.15, 0.2) is 5.44 Å². The summed E-state index contributed by atoms with van der Waals surface area (Å²) in [5.74, 6) is -23.7. The lowest BCUT2D eigenvalue weighted by Crippen LogP contribution is -2.66. The lowest BCUT2D eigenvalue weighted by Gasteiger charge is -2.39. The van der Waals surface area contributed by atoms with Gasteiger partial charge in [-0.15, -0.1) is 0 Å². The Morgan fingerprint density at radius 3 is 1.67 bits per heavy atom. The average molecular weight is 472 g/mol. The van der Waals surface area contributed by atoms with E-state index in [9.17, 15) is 49.1 Å². The summed E-state index contributed by atoms with van der Waals surface area (Å²) < 4.78 is 129. The summed E-state index contributed by atoms with van der Waals surface area (Å²) in [6.45, 7) is 1.05. The van der Waals surface area contributed by atoms with E-state index in [0.717, 1.165) is 0 Å². The van der Waals surface area contributed by atoms with Crippen molar-refractivity contribution in [2.24, 2.45) is 0 Å². The van der Waals surface area contributed by atoms with Gasteiger partial charge in [-0.3, -0.25) is 9.59 Å². The fourth-order valence-electron chi connectivity index (χ4n) is 1.99. The molecule has 1 aromatic carbocycles. The first-order valence-electron chi connectivity index (χ1n) is 7.71. The van der Waals surface area contributed by atoms with Crippen molar-refractivity contribution in [2.45, 2.75) is 54.2 Å². The molecule has 4 nitrogen and oxygen atoms in total. The predicted octanol–water partition coefficient (Wildman–Crippen LogP) is 5.07. The van der Waals surface area contributed by atoms with E-state index in [-0.39, 0.29) is 16.7 Å². The number of thioether (sulfide) groups is 1. The van der Waals surface area contributed by atoms with Crippen molar-refractivity contribution >= 4 is 23.7 Å². The summed E-state index contributed by atoms with van der Waals surface area (Å²) >= 11 is 0.0685. The Labute approximate surface area is 167 Å². The highest BCUT2D eigenvalue weighted by atomic mass is 32.2. The van der Waals surface area contributed by atoms with Gasteiger partial charge in [0, 0.05) is 18.7 Å². The van der Waals surface area contributed by atoms with Crippen LogP contribution in [-0.2, 0) is 19.1 Å². The quantitative estimate of drug-likeness (QED) is 0.229. The van der Waals surface area contributed by atoms with Crippen LogP contribution < -0.4 is 0 Å². The molecule has 0 saturated heterocycles. The van der Waals surface area contributed by atoms with E-state index in [1.165, 1.54) is 30.3 Å². The molecule has 170 valence electrons. The zero-order valence-electron chi connectivity index (χ0n) is 15.0. The van der Waals surface area contributed by atoms with Gasteiger partial charge in [0.1, 0.15) is 0 Å². The smallest absolute Gasteiger partial charge is 0.451 e. The fraction of sp³-hybridized carbons (Fsp3) is 0.500. The molecular formula is C16H13F9O4S. The van der Waals surface area contributed by atoms with Crippen LogP contribution in [0.5, 0.6) is 0 Å². The van der Waals surface area contributed by atoms with Crippen LogP contribution in [0.25, 0.3) is 0 Å². The van der Waals surface area contributed by atoms with E-state index in [2.05, 4.69) is 9.47 Å². The second-order valence-corrected chi connectivity index (χ2v) is 6.88. The van der Waals surface area contributed by atoms with Crippen LogP contribution in [-0.4, -0.2) is 47.4 Å². The van der Waals surface area contributed by atoms with Gasteiger partial charge in [0.05, 0.1) is 0 Å². The number of esters is 2. The molecule has 0 aliphatic carbocycles. The molecule has 2 atom stereocenters. The molecule has 0 amide bonds. The Morgan fingerprint density at radius 2 is 1.27 bits per heavy atom. The second kappa shape index (κ2) is 8.94. The first-order valence-corrected chi connectivity index (χ1v) is 8.59. The van der Waals surface area contributed by atoms with Gasteiger partial charge in [-0.25, -0.2) is 0 Å². The number of carbonyl (C=O) groups is 2. The number of rotatable bonds is 8. The van der Waals surface area contributed by atoms with Crippen molar-refractivity contribution in [1.82, 2.24) is 0 Å². The molecule has 1 rings (SSSR count). The van der Waals surface area contributed by atoms with Gasteiger partial charge in [0.25, 0.3) is 0 Å². The predicted molar refractivity (Wildman–Crippen MR) is 84.3 cm³/mol. The number of ether oxygens (including phenoxy) is 2. The van der Waals surface area contributed by atoms with Gasteiger partial charge in [-0.05, 0) is 12.1 Å². The molecule has 0 fully saturated rings. The van der Waals surface area contributed by atoms with Crippen LogP contribution in [0.2, 0.25) is 0 Å². The minimum Gasteiger partial charge on any atom is -0.451 e. The molecular weight excluding hydrogens is 459 g/mol. The van der Waals surface area contributed by atoms with E-state index >= 15 is 0 Å². The molecule has 30 heavy (non-hydrogen) atoms. The van der Waals surface area contributed by atoms with Crippen molar-refractivity contribution in [2.75, 3.05) is 0 Å². The standard InChI is InChI=1S/C16H13F9O4S/c1-8(26)28-11(12(29-9(2)27)30-10-6-4-3-5-7-10)13(17,18)14(19,20)15(21,22)16(23,24)25/h3-7,11-12H,1-2H3. The Hall–Kier alpha value is -2.12. The zero-order chi connectivity index (χ0) is 23.5. The summed E-state index contributed by atoms with van der Waals surface area (Å²) in [5.41, 5.74) is -2.60. The van der Waals surface area contributed by atoms with Gasteiger partial charge < -0.3 is 9.47 Å². The summed E-state index contributed by atoms with van der Waals surface area (Å²) in [7, 11) is 0. The van der Waals surface area contributed by atoms with E-state index < -0.39 is 47.4 Å². The number of benzene rings is 1. The number of hydrogen-bond donors (Lipinski definition) is 0. The molecule has 0 bridgehead atoms. The van der Waals surface area contributed by atoms with E-state index in [1.54, 1.807) is 0 Å². The number of hydrogen-bond acceptors (Lipinski definition) is 5. The first kappa shape index (κ1) is 25.9.